The average molecular weight is 289 g/mol. The normalized spacial score (nSPS) is 18.4. The molecule has 2 aliphatic rings. The zero-order chi connectivity index (χ0) is 14.8. The molecule has 0 saturated heterocycles. The van der Waals surface area contributed by atoms with Gasteiger partial charge in [-0.3, -0.25) is 4.79 Å². The number of hydrogen-bond donors (Lipinski definition) is 3. The Bertz CT molecular complexity index is 539. The van der Waals surface area contributed by atoms with Gasteiger partial charge in [-0.25, -0.2) is 0 Å². The van der Waals surface area contributed by atoms with E-state index in [1.807, 2.05) is 12.1 Å². The number of nitrogen functional groups attached to an aromatic ring is 1. The highest BCUT2D eigenvalue weighted by atomic mass is 16.3. The molecule has 1 aliphatic heterocycles. The van der Waals surface area contributed by atoms with Crippen LogP contribution in [0.25, 0.3) is 0 Å². The number of rotatable bonds is 4. The number of aliphatic hydroxyl groups excluding tert-OH is 1. The Labute approximate surface area is 125 Å². The van der Waals surface area contributed by atoms with Crippen molar-refractivity contribution < 1.29 is 9.90 Å². The Kier molecular flexibility index (Phi) is 4.01. The molecular formula is C16H23N3O2. The second-order valence-electron chi connectivity index (χ2n) is 5.97. The fourth-order valence-corrected chi connectivity index (χ4v) is 3.51. The van der Waals surface area contributed by atoms with Gasteiger partial charge in [0, 0.05) is 24.7 Å². The maximum absolute atomic E-state index is 11.6. The van der Waals surface area contributed by atoms with Gasteiger partial charge in [-0.05, 0) is 37.0 Å². The van der Waals surface area contributed by atoms with E-state index in [0.29, 0.717) is 19.0 Å². The van der Waals surface area contributed by atoms with Crippen LogP contribution in [0.1, 0.15) is 37.7 Å². The number of carbonyl (C=O) groups is 1. The maximum Gasteiger partial charge on any atom is 0.224 e. The molecule has 5 heteroatoms. The van der Waals surface area contributed by atoms with Crippen molar-refractivity contribution in [1.29, 1.82) is 0 Å². The number of fused-ring (bicyclic) bond motifs is 1. The predicted molar refractivity (Wildman–Crippen MR) is 84.5 cm³/mol. The van der Waals surface area contributed by atoms with Gasteiger partial charge in [0.25, 0.3) is 0 Å². The quantitative estimate of drug-likeness (QED) is 0.740. The van der Waals surface area contributed by atoms with Crippen LogP contribution in [0.15, 0.2) is 12.1 Å². The van der Waals surface area contributed by atoms with Gasteiger partial charge in [0.05, 0.1) is 18.0 Å². The molecule has 1 amide bonds. The Morgan fingerprint density at radius 2 is 2.05 bits per heavy atom. The minimum atomic E-state index is 0.0628. The number of aliphatic hydroxyl groups is 1. The number of hydrogen-bond acceptors (Lipinski definition) is 4. The zero-order valence-electron chi connectivity index (χ0n) is 12.3. The highest BCUT2D eigenvalue weighted by Gasteiger charge is 2.25. The van der Waals surface area contributed by atoms with Gasteiger partial charge in [0.1, 0.15) is 0 Å². The Morgan fingerprint density at radius 1 is 1.29 bits per heavy atom. The van der Waals surface area contributed by atoms with Crippen molar-refractivity contribution in [2.75, 3.05) is 29.1 Å². The van der Waals surface area contributed by atoms with E-state index >= 15 is 0 Å². The molecule has 5 nitrogen and oxygen atoms in total. The number of nitrogens with one attached hydrogen (secondary N) is 1. The molecule has 1 heterocycles. The third-order valence-corrected chi connectivity index (χ3v) is 4.56. The molecule has 0 unspecified atom stereocenters. The van der Waals surface area contributed by atoms with Crippen molar-refractivity contribution in [2.24, 2.45) is 0 Å². The van der Waals surface area contributed by atoms with Crippen LogP contribution < -0.4 is 16.0 Å². The van der Waals surface area contributed by atoms with Gasteiger partial charge in [0.2, 0.25) is 5.91 Å². The summed E-state index contributed by atoms with van der Waals surface area (Å²) in [5, 5.41) is 12.3. The number of benzene rings is 1. The topological polar surface area (TPSA) is 78.6 Å². The van der Waals surface area contributed by atoms with Crippen LogP contribution >= 0.6 is 0 Å². The first kappa shape index (κ1) is 14.2. The van der Waals surface area contributed by atoms with E-state index in [-0.39, 0.29) is 12.5 Å². The van der Waals surface area contributed by atoms with Crippen molar-refractivity contribution in [2.45, 2.75) is 44.6 Å². The van der Waals surface area contributed by atoms with Crippen molar-refractivity contribution in [3.63, 3.8) is 0 Å². The molecular weight excluding hydrogens is 266 g/mol. The molecule has 1 aromatic rings. The lowest BCUT2D eigenvalue weighted by Crippen LogP contribution is -2.36. The van der Waals surface area contributed by atoms with Gasteiger partial charge in [-0.15, -0.1) is 0 Å². The maximum atomic E-state index is 11.6. The molecule has 0 aromatic heterocycles. The van der Waals surface area contributed by atoms with Crippen LogP contribution in [0, 0.1) is 0 Å². The van der Waals surface area contributed by atoms with E-state index in [0.717, 1.165) is 41.9 Å². The smallest absolute Gasteiger partial charge is 0.224 e. The lowest BCUT2D eigenvalue weighted by molar-refractivity contribution is -0.116. The molecule has 0 radical (unpaired) electrons. The van der Waals surface area contributed by atoms with Crippen LogP contribution in [-0.2, 0) is 11.2 Å². The summed E-state index contributed by atoms with van der Waals surface area (Å²) < 4.78 is 0. The summed E-state index contributed by atoms with van der Waals surface area (Å²) >= 11 is 0. The van der Waals surface area contributed by atoms with Gasteiger partial charge in [0.15, 0.2) is 0 Å². The van der Waals surface area contributed by atoms with E-state index in [9.17, 15) is 9.90 Å². The molecule has 0 atom stereocenters. The van der Waals surface area contributed by atoms with E-state index in [1.165, 1.54) is 12.8 Å². The minimum absolute atomic E-state index is 0.0628. The summed E-state index contributed by atoms with van der Waals surface area (Å²) in [5.74, 6) is 0.0628. The number of nitrogens with zero attached hydrogens (tertiary/aromatic N) is 1. The summed E-state index contributed by atoms with van der Waals surface area (Å²) in [6, 6.07) is 4.40. The second kappa shape index (κ2) is 5.93. The lowest BCUT2D eigenvalue weighted by Gasteiger charge is -2.33. The first-order chi connectivity index (χ1) is 10.2. The molecule has 3 rings (SSSR count). The number of amides is 1. The Morgan fingerprint density at radius 3 is 2.76 bits per heavy atom. The zero-order valence-corrected chi connectivity index (χ0v) is 12.3. The van der Waals surface area contributed by atoms with Crippen LogP contribution in [0.5, 0.6) is 0 Å². The molecule has 1 fully saturated rings. The highest BCUT2D eigenvalue weighted by molar-refractivity contribution is 5.95. The van der Waals surface area contributed by atoms with Crippen LogP contribution in [0.2, 0.25) is 0 Å². The monoisotopic (exact) mass is 289 g/mol. The van der Waals surface area contributed by atoms with E-state index < -0.39 is 0 Å². The first-order valence-corrected chi connectivity index (χ1v) is 7.79. The Balaban J connectivity index is 1.94. The van der Waals surface area contributed by atoms with Crippen molar-refractivity contribution in [3.05, 3.63) is 17.7 Å². The fraction of sp³-hybridized carbons (Fsp3) is 0.562. The summed E-state index contributed by atoms with van der Waals surface area (Å²) in [7, 11) is 0. The third-order valence-electron chi connectivity index (χ3n) is 4.56. The summed E-state index contributed by atoms with van der Waals surface area (Å²) in [5.41, 5.74) is 9.90. The Hall–Kier alpha value is -1.75. The van der Waals surface area contributed by atoms with Gasteiger partial charge >= 0.3 is 0 Å². The van der Waals surface area contributed by atoms with E-state index in [4.69, 9.17) is 5.73 Å². The molecule has 21 heavy (non-hydrogen) atoms. The van der Waals surface area contributed by atoms with Gasteiger partial charge in [-0.1, -0.05) is 12.8 Å². The minimum Gasteiger partial charge on any atom is -0.397 e. The average Bonchev–Trinajstić information content (AvgIpc) is 2.99. The highest BCUT2D eigenvalue weighted by Crippen LogP contribution is 2.36. The van der Waals surface area contributed by atoms with E-state index in [2.05, 4.69) is 10.2 Å². The molecule has 1 saturated carbocycles. The van der Waals surface area contributed by atoms with Gasteiger partial charge in [-0.2, -0.15) is 0 Å². The molecule has 114 valence electrons. The number of anilines is 3. The number of carbonyl (C=O) groups excluding carboxylic acids is 1. The predicted octanol–water partition coefficient (Wildman–Crippen LogP) is 1.89. The summed E-state index contributed by atoms with van der Waals surface area (Å²) in [6.07, 6.45) is 6.01. The number of nitrogens with two attached hydrogens (primary N) is 1. The van der Waals surface area contributed by atoms with Crippen molar-refractivity contribution in [3.8, 4) is 0 Å². The third kappa shape index (κ3) is 2.83. The fourth-order valence-electron chi connectivity index (χ4n) is 3.51. The van der Waals surface area contributed by atoms with Crippen LogP contribution in [0.3, 0.4) is 0 Å². The standard InChI is InChI=1S/C16H23N3O2/c17-13-9-11-5-6-16(21)18-14(11)10-15(13)19(7-8-20)12-3-1-2-4-12/h9-10,12,20H,1-8,17H2,(H,18,21). The second-order valence-corrected chi connectivity index (χ2v) is 5.97. The van der Waals surface area contributed by atoms with Crippen molar-refractivity contribution >= 4 is 23.0 Å². The van der Waals surface area contributed by atoms with E-state index in [1.54, 1.807) is 0 Å². The molecule has 0 bridgehead atoms. The SMILES string of the molecule is Nc1cc2c(cc1N(CCO)C1CCCC1)NC(=O)CC2. The van der Waals surface area contributed by atoms with Crippen LogP contribution in [-0.4, -0.2) is 30.2 Å². The summed E-state index contributed by atoms with van der Waals surface area (Å²) in [4.78, 5) is 13.8. The largest absolute Gasteiger partial charge is 0.397 e. The molecule has 1 aliphatic carbocycles. The first-order valence-electron chi connectivity index (χ1n) is 7.79. The van der Waals surface area contributed by atoms with Crippen LogP contribution in [0.4, 0.5) is 17.1 Å². The number of aryl methyl sites for hydroxylation is 1. The van der Waals surface area contributed by atoms with Crippen molar-refractivity contribution in [1.82, 2.24) is 0 Å². The molecule has 1 aromatic carbocycles. The lowest BCUT2D eigenvalue weighted by atomic mass is 10.0. The van der Waals surface area contributed by atoms with Gasteiger partial charge < -0.3 is 21.1 Å². The molecule has 0 spiro atoms. The molecule has 4 N–H and O–H groups in total. The summed E-state index contributed by atoms with van der Waals surface area (Å²) in [6.45, 7) is 0.695.